The fraction of sp³-hybridized carbons (Fsp3) is 0.500. The zero-order valence-electron chi connectivity index (χ0n) is 12.7. The number of carbonyl (C=O) groups excluding carboxylic acids is 1. The SMILES string of the molecule is CC(C)C(C)(C(=O)Nc1ccc(C(=O)O)cc1)C(C)C. The van der Waals surface area contributed by atoms with Crippen LogP contribution in [0.25, 0.3) is 0 Å². The highest BCUT2D eigenvalue weighted by atomic mass is 16.4. The lowest BCUT2D eigenvalue weighted by Crippen LogP contribution is -2.42. The molecule has 0 saturated heterocycles. The molecule has 0 aliphatic heterocycles. The Kier molecular flexibility index (Phi) is 4.93. The third-order valence-corrected chi connectivity index (χ3v) is 4.28. The van der Waals surface area contributed by atoms with Gasteiger partial charge >= 0.3 is 5.97 Å². The second kappa shape index (κ2) is 6.07. The van der Waals surface area contributed by atoms with Crippen LogP contribution in [0.1, 0.15) is 45.0 Å². The molecule has 0 atom stereocenters. The smallest absolute Gasteiger partial charge is 0.335 e. The van der Waals surface area contributed by atoms with Crippen LogP contribution in [0.15, 0.2) is 24.3 Å². The zero-order chi connectivity index (χ0) is 15.5. The number of aromatic carboxylic acids is 1. The van der Waals surface area contributed by atoms with Gasteiger partial charge in [-0.2, -0.15) is 0 Å². The largest absolute Gasteiger partial charge is 0.478 e. The van der Waals surface area contributed by atoms with Crippen LogP contribution in [0, 0.1) is 17.3 Å². The van der Waals surface area contributed by atoms with E-state index in [1.54, 1.807) is 12.1 Å². The number of nitrogens with one attached hydrogen (secondary N) is 1. The van der Waals surface area contributed by atoms with Crippen LogP contribution in [0.5, 0.6) is 0 Å². The molecule has 0 saturated carbocycles. The molecule has 2 N–H and O–H groups in total. The number of carboxylic acids is 1. The van der Waals surface area contributed by atoms with E-state index in [2.05, 4.69) is 5.32 Å². The Balaban J connectivity index is 2.92. The molecule has 1 amide bonds. The van der Waals surface area contributed by atoms with E-state index in [-0.39, 0.29) is 23.3 Å². The molecule has 0 fully saturated rings. The van der Waals surface area contributed by atoms with Gasteiger partial charge < -0.3 is 10.4 Å². The molecule has 4 nitrogen and oxygen atoms in total. The summed E-state index contributed by atoms with van der Waals surface area (Å²) in [5.41, 5.74) is 0.358. The van der Waals surface area contributed by atoms with Gasteiger partial charge in [0.05, 0.1) is 11.0 Å². The van der Waals surface area contributed by atoms with Crippen molar-refractivity contribution in [2.45, 2.75) is 34.6 Å². The number of anilines is 1. The van der Waals surface area contributed by atoms with E-state index in [9.17, 15) is 9.59 Å². The summed E-state index contributed by atoms with van der Waals surface area (Å²) in [4.78, 5) is 23.3. The van der Waals surface area contributed by atoms with E-state index in [4.69, 9.17) is 5.11 Å². The van der Waals surface area contributed by atoms with E-state index in [0.29, 0.717) is 5.69 Å². The number of benzene rings is 1. The molecule has 0 heterocycles. The van der Waals surface area contributed by atoms with Gasteiger partial charge in [-0.05, 0) is 36.1 Å². The minimum Gasteiger partial charge on any atom is -0.478 e. The summed E-state index contributed by atoms with van der Waals surface area (Å²) in [7, 11) is 0. The predicted molar refractivity (Wildman–Crippen MR) is 79.8 cm³/mol. The summed E-state index contributed by atoms with van der Waals surface area (Å²) in [6, 6.07) is 6.20. The molecule has 1 aromatic carbocycles. The van der Waals surface area contributed by atoms with Crippen molar-refractivity contribution < 1.29 is 14.7 Å². The fourth-order valence-electron chi connectivity index (χ4n) is 2.15. The molecule has 110 valence electrons. The van der Waals surface area contributed by atoms with Gasteiger partial charge in [-0.15, -0.1) is 0 Å². The number of carbonyl (C=O) groups is 2. The predicted octanol–water partition coefficient (Wildman–Crippen LogP) is 3.64. The molecule has 0 aliphatic rings. The van der Waals surface area contributed by atoms with Gasteiger partial charge in [0.2, 0.25) is 5.91 Å². The highest BCUT2D eigenvalue weighted by Crippen LogP contribution is 2.36. The Labute approximate surface area is 120 Å². The van der Waals surface area contributed by atoms with Gasteiger partial charge in [0.25, 0.3) is 0 Å². The van der Waals surface area contributed by atoms with E-state index in [0.717, 1.165) is 0 Å². The van der Waals surface area contributed by atoms with Crippen molar-refractivity contribution in [1.29, 1.82) is 0 Å². The van der Waals surface area contributed by atoms with Crippen LogP contribution in [0.4, 0.5) is 5.69 Å². The maximum Gasteiger partial charge on any atom is 0.335 e. The summed E-state index contributed by atoms with van der Waals surface area (Å²) in [5, 5.41) is 11.7. The molecule has 0 aromatic heterocycles. The van der Waals surface area contributed by atoms with Crippen molar-refractivity contribution in [3.05, 3.63) is 29.8 Å². The Morgan fingerprint density at radius 1 is 1.05 bits per heavy atom. The van der Waals surface area contributed by atoms with Crippen molar-refractivity contribution in [2.75, 3.05) is 5.32 Å². The maximum absolute atomic E-state index is 12.5. The van der Waals surface area contributed by atoms with Gasteiger partial charge in [0.15, 0.2) is 0 Å². The van der Waals surface area contributed by atoms with Gasteiger partial charge in [-0.3, -0.25) is 4.79 Å². The third kappa shape index (κ3) is 3.18. The molecule has 20 heavy (non-hydrogen) atoms. The lowest BCUT2D eigenvalue weighted by molar-refractivity contribution is -0.129. The van der Waals surface area contributed by atoms with E-state index in [1.807, 2.05) is 34.6 Å². The first-order valence-electron chi connectivity index (χ1n) is 6.84. The van der Waals surface area contributed by atoms with Crippen LogP contribution in [-0.2, 0) is 4.79 Å². The average molecular weight is 277 g/mol. The van der Waals surface area contributed by atoms with Crippen molar-refractivity contribution in [3.8, 4) is 0 Å². The molecule has 0 spiro atoms. The lowest BCUT2D eigenvalue weighted by atomic mass is 9.70. The highest BCUT2D eigenvalue weighted by molar-refractivity contribution is 5.96. The number of rotatable bonds is 5. The van der Waals surface area contributed by atoms with Crippen LogP contribution in [0.2, 0.25) is 0 Å². The number of hydrogen-bond donors (Lipinski definition) is 2. The van der Waals surface area contributed by atoms with Crippen molar-refractivity contribution >= 4 is 17.6 Å². The van der Waals surface area contributed by atoms with Crippen LogP contribution in [0.3, 0.4) is 0 Å². The second-order valence-electron chi connectivity index (χ2n) is 5.93. The van der Waals surface area contributed by atoms with E-state index < -0.39 is 11.4 Å². The topological polar surface area (TPSA) is 66.4 Å². The first-order valence-corrected chi connectivity index (χ1v) is 6.84. The third-order valence-electron chi connectivity index (χ3n) is 4.28. The van der Waals surface area contributed by atoms with E-state index in [1.165, 1.54) is 12.1 Å². The summed E-state index contributed by atoms with van der Waals surface area (Å²) in [6.07, 6.45) is 0. The van der Waals surface area contributed by atoms with Crippen LogP contribution >= 0.6 is 0 Å². The fourth-order valence-corrected chi connectivity index (χ4v) is 2.15. The summed E-state index contributed by atoms with van der Waals surface area (Å²) < 4.78 is 0. The summed E-state index contributed by atoms with van der Waals surface area (Å²) >= 11 is 0. The van der Waals surface area contributed by atoms with Crippen molar-refractivity contribution in [3.63, 3.8) is 0 Å². The number of hydrogen-bond acceptors (Lipinski definition) is 2. The minimum atomic E-state index is -0.975. The Hall–Kier alpha value is -1.84. The number of carboxylic acid groups (broad SMARTS) is 1. The normalized spacial score (nSPS) is 11.8. The second-order valence-corrected chi connectivity index (χ2v) is 5.93. The number of amides is 1. The quantitative estimate of drug-likeness (QED) is 0.863. The molecule has 1 rings (SSSR count). The van der Waals surface area contributed by atoms with Gasteiger partial charge in [-0.25, -0.2) is 4.79 Å². The average Bonchev–Trinajstić information content (AvgIpc) is 2.37. The Morgan fingerprint density at radius 3 is 1.85 bits per heavy atom. The molecular formula is C16H23NO3. The summed E-state index contributed by atoms with van der Waals surface area (Å²) in [5.74, 6) is -0.593. The highest BCUT2D eigenvalue weighted by Gasteiger charge is 2.39. The zero-order valence-corrected chi connectivity index (χ0v) is 12.7. The molecule has 0 aliphatic carbocycles. The van der Waals surface area contributed by atoms with Gasteiger partial charge in [0.1, 0.15) is 0 Å². The van der Waals surface area contributed by atoms with Crippen molar-refractivity contribution in [1.82, 2.24) is 0 Å². The molecule has 0 unspecified atom stereocenters. The van der Waals surface area contributed by atoms with Gasteiger partial charge in [0, 0.05) is 5.69 Å². The van der Waals surface area contributed by atoms with Crippen LogP contribution < -0.4 is 5.32 Å². The van der Waals surface area contributed by atoms with Crippen molar-refractivity contribution in [2.24, 2.45) is 17.3 Å². The lowest BCUT2D eigenvalue weighted by Gasteiger charge is -2.36. The van der Waals surface area contributed by atoms with Crippen LogP contribution in [-0.4, -0.2) is 17.0 Å². The Bertz CT molecular complexity index is 481. The molecule has 4 heteroatoms. The Morgan fingerprint density at radius 2 is 1.50 bits per heavy atom. The maximum atomic E-state index is 12.5. The monoisotopic (exact) mass is 277 g/mol. The first kappa shape index (κ1) is 16.2. The summed E-state index contributed by atoms with van der Waals surface area (Å²) in [6.45, 7) is 10.1. The first-order chi connectivity index (χ1) is 9.19. The van der Waals surface area contributed by atoms with E-state index >= 15 is 0 Å². The molecular weight excluding hydrogens is 254 g/mol. The standard InChI is InChI=1S/C16H23NO3/c1-10(2)16(5,11(3)4)15(20)17-13-8-6-12(7-9-13)14(18)19/h6-11H,1-5H3,(H,17,20)(H,18,19). The molecule has 0 radical (unpaired) electrons. The van der Waals surface area contributed by atoms with Gasteiger partial charge in [-0.1, -0.05) is 34.6 Å². The minimum absolute atomic E-state index is 0.0365. The molecule has 0 bridgehead atoms. The molecule has 1 aromatic rings.